The lowest BCUT2D eigenvalue weighted by Gasteiger charge is -2.26. The van der Waals surface area contributed by atoms with E-state index < -0.39 is 0 Å². The van der Waals surface area contributed by atoms with Crippen LogP contribution in [0.4, 0.5) is 22.7 Å². The highest BCUT2D eigenvalue weighted by Crippen LogP contribution is 2.42. The molecule has 0 amide bonds. The van der Waals surface area contributed by atoms with E-state index in [0.29, 0.717) is 17.2 Å². The van der Waals surface area contributed by atoms with Gasteiger partial charge in [0, 0.05) is 34.0 Å². The molecule has 0 unspecified atom stereocenters. The molecular formula is C42H29N3O2. The highest BCUT2D eigenvalue weighted by Gasteiger charge is 2.18. The maximum atomic E-state index is 6.58. The second-order valence-corrected chi connectivity index (χ2v) is 11.8. The van der Waals surface area contributed by atoms with E-state index in [4.69, 9.17) is 14.6 Å². The minimum atomic E-state index is 0.634. The van der Waals surface area contributed by atoms with Gasteiger partial charge < -0.3 is 19.5 Å². The van der Waals surface area contributed by atoms with Crippen molar-refractivity contribution in [2.45, 2.75) is 6.92 Å². The number of nitrogens with zero attached hydrogens (tertiary/aromatic N) is 2. The molecule has 0 aliphatic carbocycles. The Kier molecular flexibility index (Phi) is 6.12. The molecule has 0 atom stereocenters. The number of para-hydroxylation sites is 1. The number of nitrogen functional groups attached to an aromatic ring is 1. The molecule has 9 aromatic rings. The van der Waals surface area contributed by atoms with Gasteiger partial charge in [-0.15, -0.1) is 0 Å². The Labute approximate surface area is 270 Å². The first-order chi connectivity index (χ1) is 23.2. The lowest BCUT2D eigenvalue weighted by Crippen LogP contribution is -2.10. The molecule has 47 heavy (non-hydrogen) atoms. The highest BCUT2D eigenvalue weighted by molar-refractivity contribution is 6.11. The summed E-state index contributed by atoms with van der Waals surface area (Å²) in [4.78, 5) is 6.79. The van der Waals surface area contributed by atoms with Crippen molar-refractivity contribution in [1.29, 1.82) is 0 Å². The molecule has 5 nitrogen and oxygen atoms in total. The smallest absolute Gasteiger partial charge is 0.227 e. The Balaban J connectivity index is 1.21. The van der Waals surface area contributed by atoms with E-state index in [1.165, 1.54) is 21.5 Å². The zero-order valence-corrected chi connectivity index (χ0v) is 25.6. The normalized spacial score (nSPS) is 11.9. The largest absolute Gasteiger partial charge is 0.454 e. The molecule has 224 valence electrons. The molecule has 0 saturated heterocycles. The number of pyridine rings is 1. The van der Waals surface area contributed by atoms with Crippen molar-refractivity contribution in [2.75, 3.05) is 10.6 Å². The van der Waals surface area contributed by atoms with E-state index in [-0.39, 0.29) is 0 Å². The molecule has 3 aromatic heterocycles. The van der Waals surface area contributed by atoms with Gasteiger partial charge in [0.2, 0.25) is 5.71 Å². The SMILES string of the molecule is C/C=C\c1oc2ccc(N(c3ccc(-c4ccnc5oc6ccccc6c45)cc3)c3ccc4c(ccc5ccccc54)c3)cc2c1N. The zero-order valence-electron chi connectivity index (χ0n) is 25.6. The number of nitrogens with two attached hydrogens (primary N) is 1. The Hall–Kier alpha value is -6.33. The third-order valence-corrected chi connectivity index (χ3v) is 9.02. The molecule has 0 radical (unpaired) electrons. The molecule has 6 aromatic carbocycles. The summed E-state index contributed by atoms with van der Waals surface area (Å²) in [6, 6.07) is 44.6. The van der Waals surface area contributed by atoms with E-state index in [2.05, 4.69) is 113 Å². The van der Waals surface area contributed by atoms with Crippen LogP contribution in [0.2, 0.25) is 0 Å². The van der Waals surface area contributed by atoms with Gasteiger partial charge in [0.05, 0.1) is 11.1 Å². The third-order valence-electron chi connectivity index (χ3n) is 9.02. The molecule has 2 N–H and O–H groups in total. The summed E-state index contributed by atoms with van der Waals surface area (Å²) in [5.74, 6) is 0.670. The van der Waals surface area contributed by atoms with Crippen molar-refractivity contribution in [2.24, 2.45) is 0 Å². The van der Waals surface area contributed by atoms with Crippen LogP contribution in [0.3, 0.4) is 0 Å². The van der Waals surface area contributed by atoms with Crippen LogP contribution >= 0.6 is 0 Å². The molecule has 0 spiro atoms. The van der Waals surface area contributed by atoms with Gasteiger partial charge in [-0.1, -0.05) is 78.9 Å². The number of allylic oxidation sites excluding steroid dienone is 1. The number of rotatable bonds is 5. The first kappa shape index (κ1) is 27.0. The summed E-state index contributed by atoms with van der Waals surface area (Å²) in [5.41, 5.74) is 14.7. The Bertz CT molecular complexity index is 2660. The van der Waals surface area contributed by atoms with E-state index in [0.717, 1.165) is 55.5 Å². The van der Waals surface area contributed by atoms with E-state index in [9.17, 15) is 0 Å². The maximum absolute atomic E-state index is 6.58. The van der Waals surface area contributed by atoms with E-state index in [1.54, 1.807) is 0 Å². The number of hydrogen-bond donors (Lipinski definition) is 1. The van der Waals surface area contributed by atoms with Gasteiger partial charge in [-0.2, -0.15) is 0 Å². The first-order valence-electron chi connectivity index (χ1n) is 15.7. The van der Waals surface area contributed by atoms with E-state index >= 15 is 0 Å². The van der Waals surface area contributed by atoms with Crippen LogP contribution in [0, 0.1) is 0 Å². The Morgan fingerprint density at radius 3 is 2.19 bits per heavy atom. The van der Waals surface area contributed by atoms with Crippen molar-refractivity contribution >= 4 is 83.4 Å². The second-order valence-electron chi connectivity index (χ2n) is 11.8. The molecule has 5 heteroatoms. The van der Waals surface area contributed by atoms with Gasteiger partial charge in [0.25, 0.3) is 0 Å². The molecule has 0 saturated carbocycles. The summed E-state index contributed by atoms with van der Waals surface area (Å²) in [6.45, 7) is 1.96. The number of hydrogen-bond acceptors (Lipinski definition) is 5. The van der Waals surface area contributed by atoms with Crippen LogP contribution < -0.4 is 10.6 Å². The quantitative estimate of drug-likeness (QED) is 0.197. The van der Waals surface area contributed by atoms with Gasteiger partial charge in [0.1, 0.15) is 11.2 Å². The molecule has 3 heterocycles. The van der Waals surface area contributed by atoms with E-state index in [1.807, 2.05) is 49.5 Å². The zero-order chi connectivity index (χ0) is 31.5. The van der Waals surface area contributed by atoms with Crippen LogP contribution in [-0.2, 0) is 0 Å². The minimum absolute atomic E-state index is 0.634. The lowest BCUT2D eigenvalue weighted by atomic mass is 10.00. The number of fused-ring (bicyclic) bond motifs is 7. The van der Waals surface area contributed by atoms with Crippen molar-refractivity contribution in [3.63, 3.8) is 0 Å². The number of furan rings is 2. The summed E-state index contributed by atoms with van der Waals surface area (Å²) in [7, 11) is 0. The van der Waals surface area contributed by atoms with Gasteiger partial charge in [-0.05, 0) is 100 Å². The molecular weight excluding hydrogens is 578 g/mol. The van der Waals surface area contributed by atoms with Crippen LogP contribution in [0.5, 0.6) is 0 Å². The maximum Gasteiger partial charge on any atom is 0.227 e. The molecule has 0 fully saturated rings. The van der Waals surface area contributed by atoms with Crippen LogP contribution in [0.1, 0.15) is 12.7 Å². The molecule has 0 aliphatic rings. The van der Waals surface area contributed by atoms with Crippen molar-refractivity contribution < 1.29 is 8.83 Å². The van der Waals surface area contributed by atoms with Crippen molar-refractivity contribution in [3.05, 3.63) is 145 Å². The molecule has 9 rings (SSSR count). The predicted octanol–water partition coefficient (Wildman–Crippen LogP) is 11.8. The highest BCUT2D eigenvalue weighted by atomic mass is 16.3. The van der Waals surface area contributed by atoms with Crippen LogP contribution in [0.25, 0.3) is 71.8 Å². The van der Waals surface area contributed by atoms with Crippen molar-refractivity contribution in [3.8, 4) is 11.1 Å². The van der Waals surface area contributed by atoms with Gasteiger partial charge in [-0.25, -0.2) is 4.98 Å². The Morgan fingerprint density at radius 1 is 0.617 bits per heavy atom. The first-order valence-corrected chi connectivity index (χ1v) is 15.7. The molecule has 0 aliphatic heterocycles. The standard InChI is InChI=1S/C42H29N3O2/c1-2-7-39-41(43)36-25-31(19-21-38(36)46-39)45(30-18-20-33-28(24-30)13-12-26-8-3-4-9-32(26)33)29-16-14-27(15-17-29)34-22-23-44-42-40(34)35-10-5-6-11-37(35)47-42/h2-25H,43H2,1H3/b7-2-. The molecule has 0 bridgehead atoms. The average Bonchev–Trinajstić information content (AvgIpc) is 3.65. The monoisotopic (exact) mass is 607 g/mol. The summed E-state index contributed by atoms with van der Waals surface area (Å²) >= 11 is 0. The predicted molar refractivity (Wildman–Crippen MR) is 196 cm³/mol. The topological polar surface area (TPSA) is 68.4 Å². The number of benzene rings is 6. The summed E-state index contributed by atoms with van der Waals surface area (Å²) < 4.78 is 12.1. The fraction of sp³-hybridized carbons (Fsp3) is 0.0238. The second kappa shape index (κ2) is 10.6. The van der Waals surface area contributed by atoms with Crippen LogP contribution in [0.15, 0.2) is 149 Å². The van der Waals surface area contributed by atoms with Gasteiger partial charge in [0.15, 0.2) is 5.76 Å². The summed E-state index contributed by atoms with van der Waals surface area (Å²) in [6.07, 6.45) is 5.65. The minimum Gasteiger partial charge on any atom is -0.454 e. The Morgan fingerprint density at radius 2 is 1.32 bits per heavy atom. The third kappa shape index (κ3) is 4.36. The number of aromatic nitrogens is 1. The van der Waals surface area contributed by atoms with Gasteiger partial charge in [-0.3, -0.25) is 0 Å². The fourth-order valence-corrected chi connectivity index (χ4v) is 6.80. The fourth-order valence-electron chi connectivity index (χ4n) is 6.80. The van der Waals surface area contributed by atoms with Crippen molar-refractivity contribution in [1.82, 2.24) is 4.98 Å². The average molecular weight is 608 g/mol. The van der Waals surface area contributed by atoms with Crippen LogP contribution in [-0.4, -0.2) is 4.98 Å². The summed E-state index contributed by atoms with van der Waals surface area (Å²) in [5, 5.41) is 7.83. The number of anilines is 4. The lowest BCUT2D eigenvalue weighted by molar-refractivity contribution is 0.606. The van der Waals surface area contributed by atoms with Gasteiger partial charge >= 0.3 is 0 Å².